The monoisotopic (exact) mass is 375 g/mol. The molecule has 0 aliphatic carbocycles. The van der Waals surface area contributed by atoms with Gasteiger partial charge in [-0.15, -0.1) is 0 Å². The summed E-state index contributed by atoms with van der Waals surface area (Å²) in [5.41, 5.74) is 5.95. The van der Waals surface area contributed by atoms with Gasteiger partial charge in [0.2, 0.25) is 15.9 Å². The molecule has 1 aromatic carbocycles. The largest absolute Gasteiger partial charge is 0.381 e. The standard InChI is InChI=1S/C15H22ClN3O4S/c16-12-2-1-3-13(10-12)24(21,22)19-7-6-18-15(20)14(17)11-4-8-23-9-5-11/h1-3,10-11,14,19H,4-9,17H2,(H,18,20). The SMILES string of the molecule is NC(C(=O)NCCNS(=O)(=O)c1cccc(Cl)c1)C1CCOCC1. The van der Waals surface area contributed by atoms with Crippen LogP contribution in [0.2, 0.25) is 5.02 Å². The van der Waals surface area contributed by atoms with Crippen molar-refractivity contribution >= 4 is 27.5 Å². The minimum Gasteiger partial charge on any atom is -0.381 e. The summed E-state index contributed by atoms with van der Waals surface area (Å²) in [5, 5.41) is 3.00. The van der Waals surface area contributed by atoms with Crippen LogP contribution in [0, 0.1) is 5.92 Å². The van der Waals surface area contributed by atoms with Gasteiger partial charge in [-0.2, -0.15) is 0 Å². The second kappa shape index (κ2) is 8.77. The first-order chi connectivity index (χ1) is 11.4. The van der Waals surface area contributed by atoms with Gasteiger partial charge in [0.25, 0.3) is 0 Å². The summed E-state index contributed by atoms with van der Waals surface area (Å²) >= 11 is 5.79. The fourth-order valence-electron chi connectivity index (χ4n) is 2.50. The fourth-order valence-corrected chi connectivity index (χ4v) is 3.83. The molecule has 7 nitrogen and oxygen atoms in total. The van der Waals surface area contributed by atoms with Crippen LogP contribution in [0.15, 0.2) is 29.2 Å². The Labute approximate surface area is 146 Å². The van der Waals surface area contributed by atoms with E-state index in [1.165, 1.54) is 12.1 Å². The predicted octanol–water partition coefficient (Wildman–Crippen LogP) is 0.488. The average molecular weight is 376 g/mol. The quantitative estimate of drug-likeness (QED) is 0.600. The maximum Gasteiger partial charge on any atom is 0.240 e. The lowest BCUT2D eigenvalue weighted by Gasteiger charge is -2.26. The molecule has 1 aromatic rings. The lowest BCUT2D eigenvalue weighted by Crippen LogP contribution is -2.48. The zero-order chi connectivity index (χ0) is 17.6. The van der Waals surface area contributed by atoms with Crippen molar-refractivity contribution in [2.75, 3.05) is 26.3 Å². The van der Waals surface area contributed by atoms with E-state index >= 15 is 0 Å². The number of nitrogens with one attached hydrogen (secondary N) is 2. The average Bonchev–Trinajstić information content (AvgIpc) is 2.58. The fraction of sp³-hybridized carbons (Fsp3) is 0.533. The molecule has 0 spiro atoms. The number of hydrogen-bond donors (Lipinski definition) is 3. The highest BCUT2D eigenvalue weighted by molar-refractivity contribution is 7.89. The summed E-state index contributed by atoms with van der Waals surface area (Å²) in [6, 6.07) is 5.37. The van der Waals surface area contributed by atoms with Gasteiger partial charge in [-0.05, 0) is 37.0 Å². The zero-order valence-electron chi connectivity index (χ0n) is 13.2. The smallest absolute Gasteiger partial charge is 0.240 e. The maximum absolute atomic E-state index is 12.1. The van der Waals surface area contributed by atoms with Crippen molar-refractivity contribution in [3.05, 3.63) is 29.3 Å². The summed E-state index contributed by atoms with van der Waals surface area (Å²) in [6.07, 6.45) is 1.52. The molecule has 0 aromatic heterocycles. The number of amides is 1. The molecular weight excluding hydrogens is 354 g/mol. The maximum atomic E-state index is 12.1. The Morgan fingerprint density at radius 1 is 1.33 bits per heavy atom. The van der Waals surface area contributed by atoms with Crippen molar-refractivity contribution < 1.29 is 17.9 Å². The van der Waals surface area contributed by atoms with Crippen molar-refractivity contribution in [1.29, 1.82) is 0 Å². The first kappa shape index (κ1) is 19.1. The number of sulfonamides is 1. The van der Waals surface area contributed by atoms with Crippen LogP contribution in [0.3, 0.4) is 0 Å². The molecular formula is C15H22ClN3O4S. The molecule has 1 amide bonds. The first-order valence-corrected chi connectivity index (χ1v) is 9.62. The lowest BCUT2D eigenvalue weighted by atomic mass is 9.92. The van der Waals surface area contributed by atoms with E-state index in [9.17, 15) is 13.2 Å². The summed E-state index contributed by atoms with van der Waals surface area (Å²) < 4.78 is 31.8. The third kappa shape index (κ3) is 5.42. The van der Waals surface area contributed by atoms with Crippen molar-refractivity contribution in [2.45, 2.75) is 23.8 Å². The van der Waals surface area contributed by atoms with Crippen LogP contribution >= 0.6 is 11.6 Å². The van der Waals surface area contributed by atoms with E-state index < -0.39 is 16.1 Å². The molecule has 1 aliphatic heterocycles. The minimum atomic E-state index is -3.65. The van der Waals surface area contributed by atoms with Gasteiger partial charge < -0.3 is 15.8 Å². The third-order valence-electron chi connectivity index (χ3n) is 3.90. The molecule has 0 radical (unpaired) electrons. The summed E-state index contributed by atoms with van der Waals surface area (Å²) in [5.74, 6) is -0.175. The Kier molecular flexibility index (Phi) is 7.00. The van der Waals surface area contributed by atoms with E-state index in [-0.39, 0.29) is 29.8 Å². The second-order valence-corrected chi connectivity index (χ2v) is 7.83. The van der Waals surface area contributed by atoms with Gasteiger partial charge >= 0.3 is 0 Å². The van der Waals surface area contributed by atoms with Gasteiger partial charge in [-0.1, -0.05) is 17.7 Å². The number of rotatable bonds is 7. The van der Waals surface area contributed by atoms with Crippen LogP contribution in [0.1, 0.15) is 12.8 Å². The van der Waals surface area contributed by atoms with Gasteiger partial charge in [0.05, 0.1) is 10.9 Å². The molecule has 1 heterocycles. The van der Waals surface area contributed by atoms with Crippen molar-refractivity contribution in [3.63, 3.8) is 0 Å². The van der Waals surface area contributed by atoms with Crippen LogP contribution < -0.4 is 15.8 Å². The predicted molar refractivity (Wildman–Crippen MR) is 91.2 cm³/mol. The number of benzene rings is 1. The highest BCUT2D eigenvalue weighted by atomic mass is 35.5. The molecule has 0 bridgehead atoms. The Morgan fingerprint density at radius 3 is 2.71 bits per heavy atom. The Hall–Kier alpha value is -1.19. The Bertz CT molecular complexity index is 662. The molecule has 9 heteroatoms. The number of carbonyl (C=O) groups is 1. The summed E-state index contributed by atoms with van der Waals surface area (Å²) in [7, 11) is -3.65. The van der Waals surface area contributed by atoms with E-state index in [0.717, 1.165) is 12.8 Å². The molecule has 0 saturated carbocycles. The van der Waals surface area contributed by atoms with E-state index in [0.29, 0.717) is 18.2 Å². The zero-order valence-corrected chi connectivity index (χ0v) is 14.8. The first-order valence-electron chi connectivity index (χ1n) is 7.76. The molecule has 1 atom stereocenters. The summed E-state index contributed by atoms with van der Waals surface area (Å²) in [6.45, 7) is 1.47. The van der Waals surface area contributed by atoms with E-state index in [1.54, 1.807) is 12.1 Å². The number of halogens is 1. The highest BCUT2D eigenvalue weighted by Crippen LogP contribution is 2.17. The number of carbonyl (C=O) groups excluding carboxylic acids is 1. The lowest BCUT2D eigenvalue weighted by molar-refractivity contribution is -0.124. The van der Waals surface area contributed by atoms with Crippen molar-refractivity contribution in [2.24, 2.45) is 11.7 Å². The van der Waals surface area contributed by atoms with Gasteiger partial charge in [0.1, 0.15) is 0 Å². The highest BCUT2D eigenvalue weighted by Gasteiger charge is 2.26. The Morgan fingerprint density at radius 2 is 2.04 bits per heavy atom. The number of ether oxygens (including phenoxy) is 1. The van der Waals surface area contributed by atoms with Crippen LogP contribution in [0.25, 0.3) is 0 Å². The molecule has 4 N–H and O–H groups in total. The third-order valence-corrected chi connectivity index (χ3v) is 5.59. The molecule has 134 valence electrons. The number of nitrogens with two attached hydrogens (primary N) is 1. The normalized spacial score (nSPS) is 17.4. The van der Waals surface area contributed by atoms with E-state index in [2.05, 4.69) is 10.0 Å². The van der Waals surface area contributed by atoms with Crippen molar-refractivity contribution in [3.8, 4) is 0 Å². The van der Waals surface area contributed by atoms with E-state index in [1.807, 2.05) is 0 Å². The topological polar surface area (TPSA) is 111 Å². The van der Waals surface area contributed by atoms with Crippen LogP contribution in [0.5, 0.6) is 0 Å². The summed E-state index contributed by atoms with van der Waals surface area (Å²) in [4.78, 5) is 12.1. The molecule has 24 heavy (non-hydrogen) atoms. The van der Waals surface area contributed by atoms with Gasteiger partial charge in [0.15, 0.2) is 0 Å². The van der Waals surface area contributed by atoms with Gasteiger partial charge in [-0.25, -0.2) is 13.1 Å². The molecule has 1 saturated heterocycles. The van der Waals surface area contributed by atoms with E-state index in [4.69, 9.17) is 22.1 Å². The molecule has 2 rings (SSSR count). The van der Waals surface area contributed by atoms with Gasteiger partial charge in [0, 0.05) is 31.3 Å². The van der Waals surface area contributed by atoms with Crippen LogP contribution in [-0.4, -0.2) is 46.7 Å². The molecule has 1 unspecified atom stereocenters. The minimum absolute atomic E-state index is 0.0705. The van der Waals surface area contributed by atoms with Crippen molar-refractivity contribution in [1.82, 2.24) is 10.0 Å². The molecule has 1 aliphatic rings. The number of hydrogen-bond acceptors (Lipinski definition) is 5. The van der Waals surface area contributed by atoms with Gasteiger partial charge in [-0.3, -0.25) is 4.79 Å². The Balaban J connectivity index is 1.76. The van der Waals surface area contributed by atoms with Crippen LogP contribution in [-0.2, 0) is 19.6 Å². The second-order valence-electron chi connectivity index (χ2n) is 5.62. The van der Waals surface area contributed by atoms with Crippen LogP contribution in [0.4, 0.5) is 0 Å². The molecule has 1 fully saturated rings.